The molecule has 0 aliphatic heterocycles. The van der Waals surface area contributed by atoms with E-state index in [-0.39, 0.29) is 6.03 Å². The molecule has 7 nitrogen and oxygen atoms in total. The van der Waals surface area contributed by atoms with E-state index in [2.05, 4.69) is 15.4 Å². The van der Waals surface area contributed by atoms with Crippen LogP contribution in [0.3, 0.4) is 0 Å². The largest absolute Gasteiger partial charge is 0.497 e. The van der Waals surface area contributed by atoms with Gasteiger partial charge in [0, 0.05) is 11.4 Å². The molecule has 0 heterocycles. The Morgan fingerprint density at radius 2 is 1.10 bits per heavy atom. The summed E-state index contributed by atoms with van der Waals surface area (Å²) in [7, 11) is 2.92. The van der Waals surface area contributed by atoms with Gasteiger partial charge in [0.1, 0.15) is 17.2 Å². The fraction of sp³-hybridized carbons (Fsp3) is 0.0909. The van der Waals surface area contributed by atoms with Crippen molar-refractivity contribution in [3.05, 3.63) is 78.4 Å². The number of carbonyl (C=O) groups is 2. The minimum atomic E-state index is -0.403. The zero-order valence-corrected chi connectivity index (χ0v) is 16.0. The molecular weight excluding hydrogens is 372 g/mol. The van der Waals surface area contributed by atoms with E-state index in [1.807, 2.05) is 0 Å². The van der Waals surface area contributed by atoms with Gasteiger partial charge in [-0.3, -0.25) is 0 Å². The van der Waals surface area contributed by atoms with Crippen molar-refractivity contribution in [2.45, 2.75) is 0 Å². The highest BCUT2D eigenvalue weighted by molar-refractivity contribution is 5.99. The molecule has 3 rings (SSSR count). The molecule has 0 spiro atoms. The Morgan fingerprint density at radius 3 is 1.55 bits per heavy atom. The first kappa shape index (κ1) is 19.8. The quantitative estimate of drug-likeness (QED) is 0.582. The van der Waals surface area contributed by atoms with Crippen LogP contribution in [-0.4, -0.2) is 26.2 Å². The van der Waals surface area contributed by atoms with Gasteiger partial charge in [-0.15, -0.1) is 0 Å². The predicted molar refractivity (Wildman–Crippen MR) is 110 cm³/mol. The maximum atomic E-state index is 12.1. The van der Waals surface area contributed by atoms with Crippen LogP contribution < -0.4 is 20.1 Å². The monoisotopic (exact) mass is 392 g/mol. The van der Waals surface area contributed by atoms with Crippen molar-refractivity contribution in [3.63, 3.8) is 0 Å². The molecule has 3 aromatic carbocycles. The van der Waals surface area contributed by atoms with Crippen molar-refractivity contribution >= 4 is 23.4 Å². The van der Waals surface area contributed by atoms with E-state index in [0.29, 0.717) is 34.2 Å². The third-order valence-corrected chi connectivity index (χ3v) is 3.97. The van der Waals surface area contributed by atoms with Gasteiger partial charge in [0.15, 0.2) is 0 Å². The predicted octanol–water partition coefficient (Wildman–Crippen LogP) is 4.92. The number of amides is 2. The van der Waals surface area contributed by atoms with Gasteiger partial charge in [-0.25, -0.2) is 9.59 Å². The normalized spacial score (nSPS) is 10.0. The van der Waals surface area contributed by atoms with E-state index in [0.717, 1.165) is 0 Å². The first-order valence-corrected chi connectivity index (χ1v) is 8.76. The molecule has 0 atom stereocenters. The first-order valence-electron chi connectivity index (χ1n) is 8.76. The Hall–Kier alpha value is -4.00. The lowest BCUT2D eigenvalue weighted by Gasteiger charge is -2.10. The number of nitrogens with one attached hydrogen (secondary N) is 2. The van der Waals surface area contributed by atoms with Crippen molar-refractivity contribution in [1.29, 1.82) is 0 Å². The van der Waals surface area contributed by atoms with Crippen LogP contribution in [0.5, 0.6) is 17.2 Å². The molecule has 2 N–H and O–H groups in total. The molecule has 2 amide bonds. The van der Waals surface area contributed by atoms with E-state index in [1.54, 1.807) is 79.9 Å². The summed E-state index contributed by atoms with van der Waals surface area (Å²) in [5.41, 5.74) is 1.71. The molecule has 0 aliphatic carbocycles. The second kappa shape index (κ2) is 9.27. The molecule has 0 bridgehead atoms. The van der Waals surface area contributed by atoms with Gasteiger partial charge in [0.2, 0.25) is 0 Å². The lowest BCUT2D eigenvalue weighted by molar-refractivity contribution is 0.0600. The van der Waals surface area contributed by atoms with E-state index >= 15 is 0 Å². The van der Waals surface area contributed by atoms with Crippen molar-refractivity contribution in [2.75, 3.05) is 24.9 Å². The van der Waals surface area contributed by atoms with Crippen molar-refractivity contribution < 1.29 is 23.8 Å². The highest BCUT2D eigenvalue weighted by Crippen LogP contribution is 2.24. The number of ether oxygens (including phenoxy) is 3. The van der Waals surface area contributed by atoms with Gasteiger partial charge < -0.3 is 24.8 Å². The summed E-state index contributed by atoms with van der Waals surface area (Å²) in [6.45, 7) is 0. The fourth-order valence-corrected chi connectivity index (χ4v) is 2.49. The molecule has 0 unspecified atom stereocenters. The van der Waals surface area contributed by atoms with E-state index in [1.165, 1.54) is 7.11 Å². The van der Waals surface area contributed by atoms with Crippen LogP contribution in [-0.2, 0) is 4.74 Å². The summed E-state index contributed by atoms with van der Waals surface area (Å²) in [6, 6.07) is 20.2. The number of rotatable bonds is 6. The highest BCUT2D eigenvalue weighted by Gasteiger charge is 2.06. The van der Waals surface area contributed by atoms with Gasteiger partial charge in [0.05, 0.1) is 19.8 Å². The Kier molecular flexibility index (Phi) is 6.32. The highest BCUT2D eigenvalue weighted by atomic mass is 16.5. The molecule has 0 saturated heterocycles. The third kappa shape index (κ3) is 5.49. The Bertz CT molecular complexity index is 968. The van der Waals surface area contributed by atoms with Gasteiger partial charge >= 0.3 is 12.0 Å². The average molecular weight is 392 g/mol. The van der Waals surface area contributed by atoms with Crippen LogP contribution in [0.1, 0.15) is 10.4 Å². The number of methoxy groups -OCH3 is 2. The van der Waals surface area contributed by atoms with E-state index in [4.69, 9.17) is 9.47 Å². The molecule has 0 fully saturated rings. The topological polar surface area (TPSA) is 85.9 Å². The molecule has 0 aromatic heterocycles. The summed E-state index contributed by atoms with van der Waals surface area (Å²) in [5, 5.41) is 5.49. The molecule has 29 heavy (non-hydrogen) atoms. The van der Waals surface area contributed by atoms with Gasteiger partial charge in [-0.05, 0) is 72.8 Å². The van der Waals surface area contributed by atoms with Crippen LogP contribution >= 0.6 is 0 Å². The summed E-state index contributed by atoms with van der Waals surface area (Å²) in [5.74, 6) is 1.49. The van der Waals surface area contributed by atoms with Gasteiger partial charge in [-0.1, -0.05) is 0 Å². The lowest BCUT2D eigenvalue weighted by Crippen LogP contribution is -2.19. The molecule has 7 heteroatoms. The van der Waals surface area contributed by atoms with E-state index in [9.17, 15) is 9.59 Å². The Morgan fingerprint density at radius 1 is 0.655 bits per heavy atom. The number of carbonyl (C=O) groups excluding carboxylic acids is 2. The number of benzene rings is 3. The van der Waals surface area contributed by atoms with Crippen molar-refractivity contribution in [1.82, 2.24) is 0 Å². The molecule has 0 saturated carbocycles. The van der Waals surface area contributed by atoms with Crippen LogP contribution in [0.2, 0.25) is 0 Å². The SMILES string of the molecule is COC(=O)c1ccc(Oc2ccc(NC(=O)Nc3ccc(OC)cc3)cc2)cc1. The molecular formula is C22H20N2O5. The minimum Gasteiger partial charge on any atom is -0.497 e. The Balaban J connectivity index is 1.55. The third-order valence-electron chi connectivity index (χ3n) is 3.97. The zero-order chi connectivity index (χ0) is 20.6. The summed E-state index contributed by atoms with van der Waals surface area (Å²) >= 11 is 0. The van der Waals surface area contributed by atoms with Gasteiger partial charge in [0.25, 0.3) is 0 Å². The molecule has 3 aromatic rings. The van der Waals surface area contributed by atoms with Crippen LogP contribution in [0, 0.1) is 0 Å². The van der Waals surface area contributed by atoms with Crippen LogP contribution in [0.15, 0.2) is 72.8 Å². The minimum absolute atomic E-state index is 0.359. The maximum Gasteiger partial charge on any atom is 0.337 e. The Labute approximate surface area is 168 Å². The first-order chi connectivity index (χ1) is 14.1. The second-order valence-electron chi connectivity index (χ2n) is 5.95. The molecule has 0 aliphatic rings. The second-order valence-corrected chi connectivity index (χ2v) is 5.95. The van der Waals surface area contributed by atoms with E-state index < -0.39 is 5.97 Å². The number of esters is 1. The number of urea groups is 1. The zero-order valence-electron chi connectivity index (χ0n) is 16.0. The maximum absolute atomic E-state index is 12.1. The fourth-order valence-electron chi connectivity index (χ4n) is 2.49. The van der Waals surface area contributed by atoms with Crippen LogP contribution in [0.25, 0.3) is 0 Å². The standard InChI is InChI=1S/C22H20N2O5/c1-27-18-11-5-16(6-12-18)23-22(26)24-17-7-13-20(14-8-17)29-19-9-3-15(4-10-19)21(25)28-2/h3-14H,1-2H3,(H2,23,24,26). The van der Waals surface area contributed by atoms with Crippen LogP contribution in [0.4, 0.5) is 16.2 Å². The number of hydrogen-bond acceptors (Lipinski definition) is 5. The number of hydrogen-bond donors (Lipinski definition) is 2. The number of anilines is 2. The van der Waals surface area contributed by atoms with Crippen molar-refractivity contribution in [2.24, 2.45) is 0 Å². The summed E-state index contributed by atoms with van der Waals surface area (Å²) in [4.78, 5) is 23.5. The average Bonchev–Trinajstić information content (AvgIpc) is 2.75. The van der Waals surface area contributed by atoms with Gasteiger partial charge in [-0.2, -0.15) is 0 Å². The molecule has 0 radical (unpaired) electrons. The summed E-state index contributed by atoms with van der Waals surface area (Å²) in [6.07, 6.45) is 0. The lowest BCUT2D eigenvalue weighted by atomic mass is 10.2. The van der Waals surface area contributed by atoms with Crippen molar-refractivity contribution in [3.8, 4) is 17.2 Å². The summed E-state index contributed by atoms with van der Waals surface area (Å²) < 4.78 is 15.5. The smallest absolute Gasteiger partial charge is 0.337 e. The molecule has 148 valence electrons.